The number of benzene rings is 1. The molecule has 1 aliphatic rings. The number of hydrogen-bond donors (Lipinski definition) is 1. The van der Waals surface area contributed by atoms with E-state index in [4.69, 9.17) is 0 Å². The molecule has 0 bridgehead atoms. The van der Waals surface area contributed by atoms with Crippen molar-refractivity contribution >= 4 is 15.7 Å². The molecule has 1 aliphatic heterocycles. The average Bonchev–Trinajstić information content (AvgIpc) is 2.48. The Morgan fingerprint density at radius 3 is 2.27 bits per heavy atom. The Kier molecular flexibility index (Phi) is 4.84. The lowest BCUT2D eigenvalue weighted by molar-refractivity contribution is -0.388. The van der Waals surface area contributed by atoms with Gasteiger partial charge < -0.3 is 5.32 Å². The van der Waals surface area contributed by atoms with Crippen molar-refractivity contribution in [3.05, 3.63) is 33.4 Å². The van der Waals surface area contributed by atoms with Crippen molar-refractivity contribution in [2.75, 3.05) is 20.1 Å². The Morgan fingerprint density at radius 1 is 1.23 bits per heavy atom. The number of nitrogens with zero attached hydrogens (tertiary/aromatic N) is 2. The van der Waals surface area contributed by atoms with Crippen LogP contribution >= 0.6 is 0 Å². The molecule has 1 saturated heterocycles. The van der Waals surface area contributed by atoms with E-state index in [9.17, 15) is 18.5 Å². The van der Waals surface area contributed by atoms with Crippen molar-refractivity contribution < 1.29 is 13.3 Å². The molecule has 0 unspecified atom stereocenters. The summed E-state index contributed by atoms with van der Waals surface area (Å²) >= 11 is 0. The molecule has 0 atom stereocenters. The van der Waals surface area contributed by atoms with E-state index in [0.29, 0.717) is 43.1 Å². The van der Waals surface area contributed by atoms with E-state index in [2.05, 4.69) is 5.32 Å². The van der Waals surface area contributed by atoms with Gasteiger partial charge in [-0.15, -0.1) is 0 Å². The Morgan fingerprint density at radius 2 is 1.77 bits per heavy atom. The minimum Gasteiger partial charge on any atom is -0.317 e. The molecular formula is C14H21N3O4S. The van der Waals surface area contributed by atoms with Crippen molar-refractivity contribution in [3.8, 4) is 0 Å². The Bertz CT molecular complexity index is 680. The standard InChI is InChI=1S/C14H21N3O4S/c1-10-4-5-11(2)14(13(10)17(18)19)22(20,21)16-8-6-12(15-3)7-9-16/h4-5,12,15H,6-9H2,1-3H3. The van der Waals surface area contributed by atoms with Crippen molar-refractivity contribution in [2.45, 2.75) is 37.6 Å². The van der Waals surface area contributed by atoms with Gasteiger partial charge in [0.25, 0.3) is 5.69 Å². The van der Waals surface area contributed by atoms with E-state index < -0.39 is 14.9 Å². The fourth-order valence-corrected chi connectivity index (χ4v) is 4.74. The molecule has 0 amide bonds. The summed E-state index contributed by atoms with van der Waals surface area (Å²) in [6.07, 6.45) is 1.41. The second kappa shape index (κ2) is 6.31. The van der Waals surface area contributed by atoms with Gasteiger partial charge in [0, 0.05) is 24.7 Å². The summed E-state index contributed by atoms with van der Waals surface area (Å²) in [5.41, 5.74) is 0.461. The van der Waals surface area contributed by atoms with Gasteiger partial charge in [0.2, 0.25) is 10.0 Å². The highest BCUT2D eigenvalue weighted by Crippen LogP contribution is 2.33. The van der Waals surface area contributed by atoms with Crippen LogP contribution in [0.3, 0.4) is 0 Å². The maximum absolute atomic E-state index is 12.9. The number of nitro groups is 1. The molecule has 1 heterocycles. The van der Waals surface area contributed by atoms with E-state index in [1.807, 2.05) is 7.05 Å². The van der Waals surface area contributed by atoms with E-state index in [0.717, 1.165) is 0 Å². The fraction of sp³-hybridized carbons (Fsp3) is 0.571. The molecule has 1 fully saturated rings. The lowest BCUT2D eigenvalue weighted by Gasteiger charge is -2.31. The molecule has 0 radical (unpaired) electrons. The quantitative estimate of drug-likeness (QED) is 0.669. The zero-order chi connectivity index (χ0) is 16.5. The maximum atomic E-state index is 12.9. The van der Waals surface area contributed by atoms with Crippen LogP contribution in [0.1, 0.15) is 24.0 Å². The molecule has 7 nitrogen and oxygen atoms in total. The summed E-state index contributed by atoms with van der Waals surface area (Å²) in [4.78, 5) is 10.6. The summed E-state index contributed by atoms with van der Waals surface area (Å²) < 4.78 is 27.1. The van der Waals surface area contributed by atoms with E-state index in [-0.39, 0.29) is 10.6 Å². The predicted octanol–water partition coefficient (Wildman–Crippen LogP) is 1.58. The third-order valence-electron chi connectivity index (χ3n) is 4.17. The molecule has 1 aromatic carbocycles. The third-order valence-corrected chi connectivity index (χ3v) is 6.25. The average molecular weight is 327 g/mol. The number of piperidine rings is 1. The van der Waals surface area contributed by atoms with E-state index >= 15 is 0 Å². The van der Waals surface area contributed by atoms with Gasteiger partial charge in [-0.2, -0.15) is 4.31 Å². The molecule has 122 valence electrons. The lowest BCUT2D eigenvalue weighted by Crippen LogP contribution is -2.44. The largest absolute Gasteiger partial charge is 0.317 e. The Hall–Kier alpha value is -1.51. The summed E-state index contributed by atoms with van der Waals surface area (Å²) in [6, 6.07) is 3.50. The van der Waals surface area contributed by atoms with Crippen molar-refractivity contribution in [1.82, 2.24) is 9.62 Å². The van der Waals surface area contributed by atoms with Crippen LogP contribution in [-0.2, 0) is 10.0 Å². The molecule has 22 heavy (non-hydrogen) atoms. The Balaban J connectivity index is 2.47. The van der Waals surface area contributed by atoms with Crippen molar-refractivity contribution in [3.63, 3.8) is 0 Å². The zero-order valence-electron chi connectivity index (χ0n) is 13.0. The van der Waals surface area contributed by atoms with Gasteiger partial charge in [-0.25, -0.2) is 8.42 Å². The number of hydrogen-bond acceptors (Lipinski definition) is 5. The SMILES string of the molecule is CNC1CCN(S(=O)(=O)c2c(C)ccc(C)c2[N+](=O)[O-])CC1. The molecule has 0 spiro atoms. The van der Waals surface area contributed by atoms with Crippen LogP contribution in [0, 0.1) is 24.0 Å². The van der Waals surface area contributed by atoms with Crippen LogP contribution in [-0.4, -0.2) is 43.8 Å². The van der Waals surface area contributed by atoms with Gasteiger partial charge >= 0.3 is 0 Å². The first kappa shape index (κ1) is 16.9. The van der Waals surface area contributed by atoms with Crippen LogP contribution < -0.4 is 5.32 Å². The van der Waals surface area contributed by atoms with Gasteiger partial charge in [-0.1, -0.05) is 12.1 Å². The van der Waals surface area contributed by atoms with Gasteiger partial charge in [-0.05, 0) is 39.3 Å². The van der Waals surface area contributed by atoms with Crippen LogP contribution in [0.4, 0.5) is 5.69 Å². The molecular weight excluding hydrogens is 306 g/mol. The van der Waals surface area contributed by atoms with Crippen molar-refractivity contribution in [1.29, 1.82) is 0 Å². The van der Waals surface area contributed by atoms with Gasteiger partial charge in [0.15, 0.2) is 4.90 Å². The van der Waals surface area contributed by atoms with E-state index in [1.165, 1.54) is 4.31 Å². The molecule has 0 aromatic heterocycles. The molecule has 0 saturated carbocycles. The maximum Gasteiger partial charge on any atom is 0.292 e. The van der Waals surface area contributed by atoms with E-state index in [1.54, 1.807) is 26.0 Å². The predicted molar refractivity (Wildman–Crippen MR) is 83.4 cm³/mol. The summed E-state index contributed by atoms with van der Waals surface area (Å²) in [6.45, 7) is 3.90. The van der Waals surface area contributed by atoms with Crippen LogP contribution in [0.15, 0.2) is 17.0 Å². The second-order valence-electron chi connectivity index (χ2n) is 5.60. The first-order valence-electron chi connectivity index (χ1n) is 7.21. The van der Waals surface area contributed by atoms with Gasteiger partial charge in [0.05, 0.1) is 4.92 Å². The second-order valence-corrected chi connectivity index (χ2v) is 7.48. The zero-order valence-corrected chi connectivity index (χ0v) is 13.8. The molecule has 0 aliphatic carbocycles. The summed E-state index contributed by atoms with van der Waals surface area (Å²) in [5, 5.41) is 14.5. The van der Waals surface area contributed by atoms with Gasteiger partial charge in [0.1, 0.15) is 0 Å². The number of aryl methyl sites for hydroxylation is 2. The van der Waals surface area contributed by atoms with Gasteiger partial charge in [-0.3, -0.25) is 10.1 Å². The monoisotopic (exact) mass is 327 g/mol. The van der Waals surface area contributed by atoms with Crippen LogP contribution in [0.5, 0.6) is 0 Å². The summed E-state index contributed by atoms with van der Waals surface area (Å²) in [7, 11) is -2.01. The smallest absolute Gasteiger partial charge is 0.292 e. The fourth-order valence-electron chi connectivity index (χ4n) is 2.84. The molecule has 2 rings (SSSR count). The highest BCUT2D eigenvalue weighted by Gasteiger charge is 2.36. The number of nitrogens with one attached hydrogen (secondary N) is 1. The third kappa shape index (κ3) is 2.99. The minimum atomic E-state index is -3.86. The minimum absolute atomic E-state index is 0.166. The topological polar surface area (TPSA) is 92.6 Å². The lowest BCUT2D eigenvalue weighted by atomic mass is 10.1. The van der Waals surface area contributed by atoms with Crippen molar-refractivity contribution in [2.24, 2.45) is 0 Å². The summed E-state index contributed by atoms with van der Waals surface area (Å²) in [5.74, 6) is 0. The normalized spacial score (nSPS) is 17.6. The molecule has 8 heteroatoms. The first-order chi connectivity index (χ1) is 10.3. The molecule has 1 N–H and O–H groups in total. The first-order valence-corrected chi connectivity index (χ1v) is 8.65. The number of rotatable bonds is 4. The number of nitro benzene ring substituents is 1. The highest BCUT2D eigenvalue weighted by molar-refractivity contribution is 7.89. The number of sulfonamides is 1. The van der Waals surface area contributed by atoms with Crippen LogP contribution in [0.25, 0.3) is 0 Å². The Labute approximate surface area is 130 Å². The van der Waals surface area contributed by atoms with Crippen LogP contribution in [0.2, 0.25) is 0 Å². The highest BCUT2D eigenvalue weighted by atomic mass is 32.2. The molecule has 1 aromatic rings.